The average Bonchev–Trinajstić information content (AvgIpc) is 3.43. The van der Waals surface area contributed by atoms with Crippen LogP contribution in [0.5, 0.6) is 5.75 Å². The van der Waals surface area contributed by atoms with Crippen molar-refractivity contribution in [2.75, 3.05) is 4.90 Å². The zero-order chi connectivity index (χ0) is 27.4. The highest BCUT2D eigenvalue weighted by Gasteiger charge is 2.33. The number of benzene rings is 4. The van der Waals surface area contributed by atoms with Crippen LogP contribution in [0.25, 0.3) is 33.4 Å². The summed E-state index contributed by atoms with van der Waals surface area (Å²) < 4.78 is 12.7. The van der Waals surface area contributed by atoms with Crippen LogP contribution in [-0.4, -0.2) is 16.4 Å². The van der Waals surface area contributed by atoms with Gasteiger partial charge in [-0.3, -0.25) is 14.9 Å². The van der Waals surface area contributed by atoms with Gasteiger partial charge in [-0.1, -0.05) is 84.9 Å². The van der Waals surface area contributed by atoms with Gasteiger partial charge in [0.1, 0.15) is 5.75 Å². The number of fused-ring (bicyclic) bond motifs is 1. The third-order valence-corrected chi connectivity index (χ3v) is 7.25. The summed E-state index contributed by atoms with van der Waals surface area (Å²) in [5, 5.41) is 0. The van der Waals surface area contributed by atoms with E-state index in [9.17, 15) is 0 Å². The van der Waals surface area contributed by atoms with Crippen LogP contribution in [0, 0.1) is 0 Å². The predicted molar refractivity (Wildman–Crippen MR) is 163 cm³/mol. The summed E-state index contributed by atoms with van der Waals surface area (Å²) in [6, 6.07) is 41.5. The molecule has 0 aliphatic carbocycles. The molecule has 1 atom stereocenters. The highest BCUT2D eigenvalue weighted by molar-refractivity contribution is 5.80. The molecule has 0 N–H and O–H groups in total. The second-order valence-electron chi connectivity index (χ2n) is 9.88. The lowest BCUT2D eigenvalue weighted by atomic mass is 10.0. The van der Waals surface area contributed by atoms with Crippen molar-refractivity contribution in [2.45, 2.75) is 13.0 Å². The van der Waals surface area contributed by atoms with Crippen LogP contribution >= 0.6 is 0 Å². The van der Waals surface area contributed by atoms with Gasteiger partial charge in [-0.25, -0.2) is 0 Å². The van der Waals surface area contributed by atoms with Crippen LogP contribution in [0.15, 0.2) is 146 Å². The second-order valence-corrected chi connectivity index (χ2v) is 9.88. The number of rotatable bonds is 7. The molecule has 5 nitrogen and oxygen atoms in total. The van der Waals surface area contributed by atoms with Gasteiger partial charge in [0.05, 0.1) is 12.3 Å². The largest absolute Gasteiger partial charge is 0.444 e. The Morgan fingerprint density at radius 3 is 1.78 bits per heavy atom. The fourth-order valence-electron chi connectivity index (χ4n) is 5.11. The third-order valence-electron chi connectivity index (χ3n) is 7.25. The Balaban J connectivity index is 1.22. The molecule has 1 unspecified atom stereocenters. The van der Waals surface area contributed by atoms with Crippen LogP contribution in [-0.2, 0) is 11.3 Å². The van der Waals surface area contributed by atoms with Crippen molar-refractivity contribution in [3.05, 3.63) is 152 Å². The number of anilines is 2. The topological polar surface area (TPSA) is 47.5 Å². The van der Waals surface area contributed by atoms with Gasteiger partial charge < -0.3 is 9.47 Å². The molecule has 5 heteroatoms. The zero-order valence-corrected chi connectivity index (χ0v) is 22.3. The molecule has 0 bridgehead atoms. The Hall–Kier alpha value is -5.26. The van der Waals surface area contributed by atoms with Gasteiger partial charge in [0.25, 0.3) is 6.41 Å². The Kier molecular flexibility index (Phi) is 6.69. The van der Waals surface area contributed by atoms with Gasteiger partial charge in [-0.05, 0) is 75.3 Å². The summed E-state index contributed by atoms with van der Waals surface area (Å²) in [7, 11) is 0. The van der Waals surface area contributed by atoms with E-state index in [0.717, 1.165) is 56.1 Å². The van der Waals surface area contributed by atoms with E-state index >= 15 is 0 Å². The number of nitrogens with zero attached hydrogens (tertiary/aromatic N) is 3. The summed E-state index contributed by atoms with van der Waals surface area (Å²) in [4.78, 5) is 10.6. The molecule has 0 amide bonds. The molecule has 0 radical (unpaired) electrons. The minimum atomic E-state index is -0.599. The molecule has 198 valence electrons. The molecule has 0 fully saturated rings. The minimum Gasteiger partial charge on any atom is -0.444 e. The van der Waals surface area contributed by atoms with Crippen molar-refractivity contribution >= 4 is 11.4 Å². The lowest BCUT2D eigenvalue weighted by Crippen LogP contribution is -2.33. The first-order valence-electron chi connectivity index (χ1n) is 13.6. The van der Waals surface area contributed by atoms with Crippen LogP contribution < -0.4 is 9.64 Å². The molecule has 0 spiro atoms. The summed E-state index contributed by atoms with van der Waals surface area (Å²) in [5.74, 6) is 0.787. The van der Waals surface area contributed by atoms with E-state index in [-0.39, 0.29) is 0 Å². The Morgan fingerprint density at radius 1 is 0.585 bits per heavy atom. The molecule has 0 saturated heterocycles. The van der Waals surface area contributed by atoms with Gasteiger partial charge in [-0.15, -0.1) is 0 Å². The van der Waals surface area contributed by atoms with E-state index < -0.39 is 6.41 Å². The molecule has 7 rings (SSSR count). The second kappa shape index (κ2) is 11.1. The van der Waals surface area contributed by atoms with Crippen molar-refractivity contribution in [3.63, 3.8) is 0 Å². The van der Waals surface area contributed by atoms with E-state index in [4.69, 9.17) is 9.47 Å². The standard InChI is InChI=1S/C36H27N3O2/c1-2-6-26(7-3-1)25-40-36-39(33-17-14-29(15-18-33)32-9-5-21-38-24-32)34-22-30(16-19-35(34)41-36)27-10-12-28(13-11-27)31-8-4-20-37-23-31/h1-24,36H,25H2. The molecular weight excluding hydrogens is 506 g/mol. The van der Waals surface area contributed by atoms with E-state index in [1.54, 1.807) is 12.4 Å². The highest BCUT2D eigenvalue weighted by Crippen LogP contribution is 2.45. The Bertz CT molecular complexity index is 1740. The number of pyridine rings is 2. The third kappa shape index (κ3) is 5.19. The molecule has 6 aromatic rings. The molecule has 3 heterocycles. The zero-order valence-electron chi connectivity index (χ0n) is 22.3. The fraction of sp³-hybridized carbons (Fsp3) is 0.0556. The van der Waals surface area contributed by atoms with Gasteiger partial charge >= 0.3 is 0 Å². The molecule has 1 aliphatic rings. The lowest BCUT2D eigenvalue weighted by molar-refractivity contribution is -0.0725. The van der Waals surface area contributed by atoms with Crippen LogP contribution in [0.2, 0.25) is 0 Å². The van der Waals surface area contributed by atoms with E-state index in [1.165, 1.54) is 0 Å². The maximum absolute atomic E-state index is 6.37. The molecule has 1 aliphatic heterocycles. The van der Waals surface area contributed by atoms with Gasteiger partial charge in [0.2, 0.25) is 0 Å². The Morgan fingerprint density at radius 2 is 1.17 bits per heavy atom. The van der Waals surface area contributed by atoms with E-state index in [0.29, 0.717) is 6.61 Å². The first-order chi connectivity index (χ1) is 20.3. The highest BCUT2D eigenvalue weighted by atomic mass is 16.7. The SMILES string of the molecule is c1ccc(COC2Oc3ccc(-c4ccc(-c5cccnc5)cc4)cc3N2c2ccc(-c3cccnc3)cc2)cc1. The summed E-state index contributed by atoms with van der Waals surface area (Å²) in [6.07, 6.45) is 6.74. The number of ether oxygens (including phenoxy) is 2. The number of aromatic nitrogens is 2. The fourth-order valence-corrected chi connectivity index (χ4v) is 5.11. The predicted octanol–water partition coefficient (Wildman–Crippen LogP) is 8.51. The van der Waals surface area contributed by atoms with Crippen molar-refractivity contribution < 1.29 is 9.47 Å². The summed E-state index contributed by atoms with van der Waals surface area (Å²) >= 11 is 0. The lowest BCUT2D eigenvalue weighted by Gasteiger charge is -2.25. The minimum absolute atomic E-state index is 0.437. The summed E-state index contributed by atoms with van der Waals surface area (Å²) in [6.45, 7) is 0.437. The average molecular weight is 534 g/mol. The summed E-state index contributed by atoms with van der Waals surface area (Å²) in [5.41, 5.74) is 9.68. The number of hydrogen-bond acceptors (Lipinski definition) is 5. The van der Waals surface area contributed by atoms with Crippen molar-refractivity contribution in [1.82, 2.24) is 9.97 Å². The van der Waals surface area contributed by atoms with Crippen LogP contribution in [0.4, 0.5) is 11.4 Å². The molecule has 0 saturated carbocycles. The smallest absolute Gasteiger partial charge is 0.288 e. The maximum Gasteiger partial charge on any atom is 0.288 e. The molecular formula is C36H27N3O2. The monoisotopic (exact) mass is 533 g/mol. The van der Waals surface area contributed by atoms with Crippen LogP contribution in [0.1, 0.15) is 5.56 Å². The quantitative estimate of drug-likeness (QED) is 0.206. The van der Waals surface area contributed by atoms with Gasteiger partial charge in [0.15, 0.2) is 0 Å². The van der Waals surface area contributed by atoms with Crippen molar-refractivity contribution in [3.8, 4) is 39.1 Å². The first-order valence-corrected chi connectivity index (χ1v) is 13.6. The first kappa shape index (κ1) is 24.8. The van der Waals surface area contributed by atoms with Crippen LogP contribution in [0.3, 0.4) is 0 Å². The van der Waals surface area contributed by atoms with Gasteiger partial charge in [-0.2, -0.15) is 0 Å². The van der Waals surface area contributed by atoms with Crippen molar-refractivity contribution in [1.29, 1.82) is 0 Å². The van der Waals surface area contributed by atoms with E-state index in [1.807, 2.05) is 48.8 Å². The molecule has 41 heavy (non-hydrogen) atoms. The van der Waals surface area contributed by atoms with Crippen molar-refractivity contribution in [2.24, 2.45) is 0 Å². The Labute approximate surface area is 239 Å². The number of hydrogen-bond donors (Lipinski definition) is 0. The maximum atomic E-state index is 6.37. The van der Waals surface area contributed by atoms with Gasteiger partial charge in [0, 0.05) is 30.5 Å². The molecule has 2 aromatic heterocycles. The molecule has 4 aromatic carbocycles. The normalized spacial score (nSPS) is 14.0. The van der Waals surface area contributed by atoms with E-state index in [2.05, 4.69) is 99.8 Å².